The molecule has 2 aromatic carbocycles. The Kier molecular flexibility index (Phi) is 7.28. The second-order valence-corrected chi connectivity index (χ2v) is 9.20. The molecule has 2 aromatic rings. The Morgan fingerprint density at radius 3 is 2.46 bits per heavy atom. The highest BCUT2D eigenvalue weighted by Gasteiger charge is 2.46. The van der Waals surface area contributed by atoms with Gasteiger partial charge >= 0.3 is 13.3 Å². The third kappa shape index (κ3) is 5.02. The Hall–Kier alpha value is -1.68. The van der Waals surface area contributed by atoms with Gasteiger partial charge in [0.25, 0.3) is 0 Å². The van der Waals surface area contributed by atoms with Crippen molar-refractivity contribution in [3.63, 3.8) is 0 Å². The van der Waals surface area contributed by atoms with Crippen LogP contribution in [0.25, 0.3) is 10.8 Å². The summed E-state index contributed by atoms with van der Waals surface area (Å²) in [6.45, 7) is 3.73. The molecule has 28 heavy (non-hydrogen) atoms. The number of carbonyl (C=O) groups is 1. The molecule has 2 atom stereocenters. The first-order valence-electron chi connectivity index (χ1n) is 9.76. The first-order valence-corrected chi connectivity index (χ1v) is 11.9. The number of hydroxylamine groups is 1. The molecule has 1 aliphatic rings. The highest BCUT2D eigenvalue weighted by Crippen LogP contribution is 2.39. The van der Waals surface area contributed by atoms with Crippen LogP contribution >= 0.6 is 18.5 Å². The fraction of sp³-hybridized carbons (Fsp3) is 0.476. The van der Waals surface area contributed by atoms with Crippen LogP contribution in [-0.4, -0.2) is 22.9 Å². The fourth-order valence-corrected chi connectivity index (χ4v) is 4.68. The van der Waals surface area contributed by atoms with Crippen LogP contribution in [0.2, 0.25) is 0 Å². The van der Waals surface area contributed by atoms with Crippen molar-refractivity contribution < 1.29 is 18.9 Å². The highest BCUT2D eigenvalue weighted by molar-refractivity contribution is 7.71. The molecule has 0 saturated heterocycles. The van der Waals surface area contributed by atoms with E-state index in [0.717, 1.165) is 41.3 Å². The lowest BCUT2D eigenvalue weighted by Crippen LogP contribution is -2.44. The van der Waals surface area contributed by atoms with Crippen LogP contribution in [0.5, 0.6) is 5.75 Å². The van der Waals surface area contributed by atoms with Crippen LogP contribution in [0.3, 0.4) is 0 Å². The van der Waals surface area contributed by atoms with E-state index in [1.54, 1.807) is 6.07 Å². The molecular formula is C21H26ClNO4P+. The minimum atomic E-state index is -2.44. The molecule has 0 N–H and O–H groups in total. The molecule has 0 aliphatic heterocycles. The third-order valence-electron chi connectivity index (χ3n) is 5.04. The normalized spacial score (nSPS) is 17.0. The summed E-state index contributed by atoms with van der Waals surface area (Å²) in [6, 6.07) is 12.4. The van der Waals surface area contributed by atoms with Gasteiger partial charge in [-0.25, -0.2) is 0 Å². The summed E-state index contributed by atoms with van der Waals surface area (Å²) in [5.41, 5.74) is 0. The predicted octanol–water partition coefficient (Wildman–Crippen LogP) is 6.23. The van der Waals surface area contributed by atoms with Gasteiger partial charge in [-0.3, -0.25) is 4.79 Å². The van der Waals surface area contributed by atoms with E-state index in [0.29, 0.717) is 5.75 Å². The minimum absolute atomic E-state index is 0.0879. The monoisotopic (exact) mass is 422 g/mol. The van der Waals surface area contributed by atoms with Crippen LogP contribution in [0, 0.1) is 5.92 Å². The fourth-order valence-electron chi connectivity index (χ4n) is 3.60. The van der Waals surface area contributed by atoms with Crippen molar-refractivity contribution in [2.24, 2.45) is 5.92 Å². The van der Waals surface area contributed by atoms with E-state index in [1.165, 1.54) is 6.42 Å². The number of fused-ring (bicyclic) bond motifs is 1. The molecule has 5 nitrogen and oxygen atoms in total. The first kappa shape index (κ1) is 21.0. The average molecular weight is 423 g/mol. The molecule has 0 bridgehead atoms. The summed E-state index contributed by atoms with van der Waals surface area (Å²) >= 11 is 5.97. The third-order valence-corrected chi connectivity index (χ3v) is 6.13. The molecule has 1 aliphatic carbocycles. The number of esters is 1. The Morgan fingerprint density at radius 1 is 1.11 bits per heavy atom. The van der Waals surface area contributed by atoms with Crippen LogP contribution in [0.15, 0.2) is 42.5 Å². The van der Waals surface area contributed by atoms with E-state index in [9.17, 15) is 9.36 Å². The summed E-state index contributed by atoms with van der Waals surface area (Å²) in [6.07, 6.45) is 4.94. The van der Waals surface area contributed by atoms with Crippen LogP contribution in [-0.2, 0) is 14.1 Å². The molecule has 0 spiro atoms. The van der Waals surface area contributed by atoms with E-state index in [2.05, 4.69) is 0 Å². The van der Waals surface area contributed by atoms with Gasteiger partial charge in [-0.2, -0.15) is 0 Å². The molecule has 0 heterocycles. The van der Waals surface area contributed by atoms with Crippen LogP contribution < -0.4 is 4.84 Å². The number of rotatable bonds is 7. The Balaban J connectivity index is 1.84. The quantitative estimate of drug-likeness (QED) is 0.300. The standard InChI is InChI=1S/C21H26ClNO4P/c1-15(2)20(21(24)26-17-11-4-3-5-12-17)23(28(22)25)27-19-14-8-10-16-9-6-7-13-18(16)19/h6-10,13-15,17,20H,3-5,11-12H2,1-2H3/q+1/t20-/m0/s1. The highest BCUT2D eigenvalue weighted by atomic mass is 35.7. The summed E-state index contributed by atoms with van der Waals surface area (Å²) in [5.74, 6) is -0.131. The average Bonchev–Trinajstić information content (AvgIpc) is 2.68. The van der Waals surface area contributed by atoms with Crippen molar-refractivity contribution >= 4 is 35.3 Å². The molecule has 7 heteroatoms. The molecule has 0 radical (unpaired) electrons. The molecule has 0 amide bonds. The topological polar surface area (TPSA) is 55.8 Å². The molecule has 3 rings (SSSR count). The van der Waals surface area contributed by atoms with Gasteiger partial charge in [-0.1, -0.05) is 56.7 Å². The number of benzene rings is 2. The van der Waals surface area contributed by atoms with Crippen molar-refractivity contribution in [1.82, 2.24) is 4.83 Å². The van der Waals surface area contributed by atoms with Gasteiger partial charge < -0.3 is 9.57 Å². The molecule has 1 unspecified atom stereocenters. The number of hydrogen-bond donors (Lipinski definition) is 0. The van der Waals surface area contributed by atoms with Crippen molar-refractivity contribution in [2.45, 2.75) is 58.1 Å². The first-order chi connectivity index (χ1) is 13.5. The van der Waals surface area contributed by atoms with E-state index in [1.807, 2.05) is 50.2 Å². The van der Waals surface area contributed by atoms with Gasteiger partial charge in [0.1, 0.15) is 10.9 Å². The van der Waals surface area contributed by atoms with Gasteiger partial charge in [-0.15, -0.1) is 0 Å². The van der Waals surface area contributed by atoms with Crippen LogP contribution in [0.4, 0.5) is 0 Å². The molecule has 1 fully saturated rings. The SMILES string of the molecule is CC(C)[C@@H](C(=O)OC1CCCCC1)N(Oc1cccc2ccccc12)[P+](=O)Cl. The van der Waals surface area contributed by atoms with Gasteiger partial charge in [-0.05, 0) is 47.6 Å². The summed E-state index contributed by atoms with van der Waals surface area (Å²) in [7, 11) is -2.44. The van der Waals surface area contributed by atoms with Gasteiger partial charge in [0, 0.05) is 5.39 Å². The number of hydrogen-bond acceptors (Lipinski definition) is 4. The lowest BCUT2D eigenvalue weighted by Gasteiger charge is -2.27. The molecular weight excluding hydrogens is 397 g/mol. The number of halogens is 1. The number of carbonyl (C=O) groups excluding carboxylic acids is 1. The number of ether oxygens (including phenoxy) is 1. The van der Waals surface area contributed by atoms with Crippen molar-refractivity contribution in [3.05, 3.63) is 42.5 Å². The van der Waals surface area contributed by atoms with Crippen LogP contribution in [0.1, 0.15) is 46.0 Å². The van der Waals surface area contributed by atoms with Crippen molar-refractivity contribution in [1.29, 1.82) is 0 Å². The smallest absolute Gasteiger partial charge is 0.461 e. The Labute approximate surface area is 171 Å². The van der Waals surface area contributed by atoms with Crippen molar-refractivity contribution in [3.8, 4) is 5.75 Å². The zero-order valence-electron chi connectivity index (χ0n) is 16.2. The maximum Gasteiger partial charge on any atom is 0.593 e. The van der Waals surface area contributed by atoms with E-state index < -0.39 is 19.3 Å². The van der Waals surface area contributed by atoms with Gasteiger partial charge in [0.05, 0.1) is 0 Å². The summed E-state index contributed by atoms with van der Waals surface area (Å²) < 4.78 is 18.1. The summed E-state index contributed by atoms with van der Waals surface area (Å²) in [4.78, 5) is 20.0. The largest absolute Gasteiger partial charge is 0.593 e. The van der Waals surface area contributed by atoms with Gasteiger partial charge in [0.2, 0.25) is 11.2 Å². The minimum Gasteiger partial charge on any atom is -0.461 e. The maximum absolute atomic E-state index is 12.9. The second-order valence-electron chi connectivity index (χ2n) is 7.48. The maximum atomic E-state index is 12.9. The zero-order valence-corrected chi connectivity index (χ0v) is 17.9. The molecule has 1 saturated carbocycles. The second kappa shape index (κ2) is 9.69. The molecule has 0 aromatic heterocycles. The zero-order chi connectivity index (χ0) is 20.1. The van der Waals surface area contributed by atoms with E-state index >= 15 is 0 Å². The van der Waals surface area contributed by atoms with E-state index in [-0.39, 0.29) is 12.0 Å². The predicted molar refractivity (Wildman–Crippen MR) is 111 cm³/mol. The van der Waals surface area contributed by atoms with Gasteiger partial charge in [0.15, 0.2) is 11.8 Å². The Bertz CT molecular complexity index is 833. The summed E-state index contributed by atoms with van der Waals surface area (Å²) in [5, 5.41) is 1.84. The van der Waals surface area contributed by atoms with Crippen molar-refractivity contribution in [2.75, 3.05) is 0 Å². The lowest BCUT2D eigenvalue weighted by atomic mass is 9.97. The van der Waals surface area contributed by atoms with E-state index in [4.69, 9.17) is 20.8 Å². The Morgan fingerprint density at radius 2 is 1.79 bits per heavy atom. The number of nitrogens with zero attached hydrogens (tertiary/aromatic N) is 1. The lowest BCUT2D eigenvalue weighted by molar-refractivity contribution is -0.164. The molecule has 150 valence electrons.